The van der Waals surface area contributed by atoms with E-state index in [0.29, 0.717) is 48.9 Å². The molecule has 0 amide bonds. The fraction of sp³-hybridized carbons (Fsp3) is 0.903. The van der Waals surface area contributed by atoms with Crippen molar-refractivity contribution < 1.29 is 24.9 Å². The SMILES string of the molecule is CC(=O)OC1C[C@]2(C)[C@@H]([C@H](C)C=C(C)[C@@H](C)C(C)C)CC[C@H]2[C@@H]2CC(O)C3(O)CC(O)CC[C@]3(C)[C@@H]12. The molecule has 4 aliphatic carbocycles. The fourth-order valence-corrected chi connectivity index (χ4v) is 9.78. The molecule has 0 aromatic carbocycles. The van der Waals surface area contributed by atoms with Gasteiger partial charge in [-0.15, -0.1) is 0 Å². The number of carbonyl (C=O) groups excluding carboxylic acids is 1. The first kappa shape index (κ1) is 28.1. The average Bonchev–Trinajstić information content (AvgIpc) is 3.11. The fourth-order valence-electron chi connectivity index (χ4n) is 9.78. The Bertz CT molecular complexity index is 867. The van der Waals surface area contributed by atoms with E-state index in [1.165, 1.54) is 12.5 Å². The maximum absolute atomic E-state index is 12.4. The Morgan fingerprint density at radius 2 is 1.69 bits per heavy atom. The summed E-state index contributed by atoms with van der Waals surface area (Å²) in [6.45, 7) is 17.5. The van der Waals surface area contributed by atoms with Crippen molar-refractivity contribution in [3.8, 4) is 0 Å². The van der Waals surface area contributed by atoms with Crippen molar-refractivity contribution in [1.82, 2.24) is 0 Å². The van der Waals surface area contributed by atoms with Gasteiger partial charge in [0.25, 0.3) is 0 Å². The van der Waals surface area contributed by atoms with Crippen LogP contribution >= 0.6 is 0 Å². The van der Waals surface area contributed by atoms with Gasteiger partial charge in [-0.1, -0.05) is 53.2 Å². The van der Waals surface area contributed by atoms with E-state index in [-0.39, 0.29) is 35.7 Å². The molecule has 4 unspecified atom stereocenters. The van der Waals surface area contributed by atoms with Gasteiger partial charge in [-0.2, -0.15) is 0 Å². The van der Waals surface area contributed by atoms with Gasteiger partial charge in [0.1, 0.15) is 6.10 Å². The summed E-state index contributed by atoms with van der Waals surface area (Å²) in [6, 6.07) is 0. The molecule has 12 atom stereocenters. The van der Waals surface area contributed by atoms with Gasteiger partial charge < -0.3 is 20.1 Å². The first-order valence-corrected chi connectivity index (χ1v) is 14.6. The van der Waals surface area contributed by atoms with Gasteiger partial charge in [-0.3, -0.25) is 4.79 Å². The third-order valence-corrected chi connectivity index (χ3v) is 12.0. The summed E-state index contributed by atoms with van der Waals surface area (Å²) in [6.07, 6.45) is 5.78. The zero-order valence-electron chi connectivity index (χ0n) is 24.0. The van der Waals surface area contributed by atoms with E-state index < -0.39 is 23.2 Å². The lowest BCUT2D eigenvalue weighted by molar-refractivity contribution is -0.284. The number of hydrogen-bond acceptors (Lipinski definition) is 5. The quantitative estimate of drug-likeness (QED) is 0.340. The number of rotatable bonds is 5. The summed E-state index contributed by atoms with van der Waals surface area (Å²) in [4.78, 5) is 12.4. The predicted molar refractivity (Wildman–Crippen MR) is 142 cm³/mol. The lowest BCUT2D eigenvalue weighted by atomic mass is 9.41. The monoisotopic (exact) mass is 504 g/mol. The van der Waals surface area contributed by atoms with Gasteiger partial charge in [0.15, 0.2) is 0 Å². The Balaban J connectivity index is 1.71. The first-order chi connectivity index (χ1) is 16.7. The van der Waals surface area contributed by atoms with Crippen LogP contribution in [0.4, 0.5) is 0 Å². The third kappa shape index (κ3) is 4.29. The summed E-state index contributed by atoms with van der Waals surface area (Å²) in [5, 5.41) is 33.7. The molecule has 0 aliphatic heterocycles. The molecular weight excluding hydrogens is 452 g/mol. The summed E-state index contributed by atoms with van der Waals surface area (Å²) in [7, 11) is 0. The minimum Gasteiger partial charge on any atom is -0.462 e. The molecule has 0 heterocycles. The van der Waals surface area contributed by atoms with Gasteiger partial charge >= 0.3 is 5.97 Å². The highest BCUT2D eigenvalue weighted by molar-refractivity contribution is 5.66. The Kier molecular flexibility index (Phi) is 7.56. The molecule has 4 saturated carbocycles. The van der Waals surface area contributed by atoms with Crippen LogP contribution < -0.4 is 0 Å². The van der Waals surface area contributed by atoms with Crippen LogP contribution in [0.3, 0.4) is 0 Å². The highest BCUT2D eigenvalue weighted by Gasteiger charge is 2.70. The second kappa shape index (κ2) is 9.68. The Morgan fingerprint density at radius 3 is 2.31 bits per heavy atom. The van der Waals surface area contributed by atoms with Crippen molar-refractivity contribution in [1.29, 1.82) is 0 Å². The van der Waals surface area contributed by atoms with Crippen molar-refractivity contribution in [3.63, 3.8) is 0 Å². The number of carbonyl (C=O) groups is 1. The Hall–Kier alpha value is -0.910. The van der Waals surface area contributed by atoms with Gasteiger partial charge in [0.2, 0.25) is 0 Å². The van der Waals surface area contributed by atoms with Crippen molar-refractivity contribution in [2.24, 2.45) is 52.3 Å². The average molecular weight is 505 g/mol. The van der Waals surface area contributed by atoms with Crippen LogP contribution in [-0.4, -0.2) is 45.2 Å². The van der Waals surface area contributed by atoms with Crippen LogP contribution in [0.5, 0.6) is 0 Å². The van der Waals surface area contributed by atoms with E-state index >= 15 is 0 Å². The van der Waals surface area contributed by atoms with Gasteiger partial charge in [0, 0.05) is 24.7 Å². The molecule has 5 heteroatoms. The van der Waals surface area contributed by atoms with Crippen molar-refractivity contribution in [3.05, 3.63) is 11.6 Å². The maximum Gasteiger partial charge on any atom is 0.302 e. The second-order valence-electron chi connectivity index (χ2n) is 14.1. The standard InChI is InChI=1S/C31H52O5/c1-17(2)20(5)18(3)13-19(4)24-9-10-25-23-14-27(34)31(35)15-22(33)11-12-30(31,8)28(23)26(36-21(6)32)16-29(24,25)7/h13,17,19-20,22-28,33-35H,9-12,14-16H2,1-8H3/t19-,20+,22?,23+,24-,25+,26?,27?,28-,29-,30-,31?/m1/s1. The van der Waals surface area contributed by atoms with Gasteiger partial charge in [-0.25, -0.2) is 0 Å². The maximum atomic E-state index is 12.4. The summed E-state index contributed by atoms with van der Waals surface area (Å²) < 4.78 is 6.12. The molecule has 0 aromatic rings. The predicted octanol–water partition coefficient (Wildman–Crippen LogP) is 5.51. The number of ether oxygens (including phenoxy) is 1. The molecule has 4 aliphatic rings. The van der Waals surface area contributed by atoms with Crippen molar-refractivity contribution in [2.75, 3.05) is 0 Å². The molecule has 4 rings (SSSR count). The minimum absolute atomic E-state index is 0.00678. The largest absolute Gasteiger partial charge is 0.462 e. The van der Waals surface area contributed by atoms with Crippen LogP contribution in [-0.2, 0) is 9.53 Å². The summed E-state index contributed by atoms with van der Waals surface area (Å²) >= 11 is 0. The van der Waals surface area contributed by atoms with E-state index in [4.69, 9.17) is 4.74 Å². The number of esters is 1. The smallest absolute Gasteiger partial charge is 0.302 e. The lowest BCUT2D eigenvalue weighted by Gasteiger charge is -2.66. The zero-order chi connectivity index (χ0) is 26.8. The Morgan fingerprint density at radius 1 is 1.03 bits per heavy atom. The van der Waals surface area contributed by atoms with Gasteiger partial charge in [-0.05, 0) is 86.4 Å². The molecule has 0 aromatic heterocycles. The topological polar surface area (TPSA) is 87.0 Å². The number of fused-ring (bicyclic) bond motifs is 5. The number of allylic oxidation sites excluding steroid dienone is 2. The number of hydrogen-bond donors (Lipinski definition) is 3. The summed E-state index contributed by atoms with van der Waals surface area (Å²) in [5.74, 6) is 2.44. The highest BCUT2D eigenvalue weighted by atomic mass is 16.5. The normalized spacial score (nSPS) is 48.6. The minimum atomic E-state index is -1.35. The molecule has 5 nitrogen and oxygen atoms in total. The van der Waals surface area contributed by atoms with Crippen LogP contribution in [0.2, 0.25) is 0 Å². The van der Waals surface area contributed by atoms with Crippen LogP contribution in [0.1, 0.15) is 100 Å². The molecule has 206 valence electrons. The molecule has 0 radical (unpaired) electrons. The van der Waals surface area contributed by atoms with Crippen LogP contribution in [0.15, 0.2) is 11.6 Å². The van der Waals surface area contributed by atoms with Gasteiger partial charge in [0.05, 0.1) is 17.8 Å². The molecule has 0 bridgehead atoms. The number of aliphatic hydroxyl groups is 3. The molecule has 0 spiro atoms. The van der Waals surface area contributed by atoms with Crippen LogP contribution in [0, 0.1) is 52.3 Å². The Labute approximate surface area is 219 Å². The van der Waals surface area contributed by atoms with E-state index in [9.17, 15) is 20.1 Å². The lowest BCUT2D eigenvalue weighted by Crippen LogP contribution is -2.71. The molecule has 3 N–H and O–H groups in total. The van der Waals surface area contributed by atoms with Crippen molar-refractivity contribution >= 4 is 5.97 Å². The van der Waals surface area contributed by atoms with E-state index in [1.807, 2.05) is 0 Å². The third-order valence-electron chi connectivity index (χ3n) is 12.0. The first-order valence-electron chi connectivity index (χ1n) is 14.6. The van der Waals surface area contributed by atoms with E-state index in [0.717, 1.165) is 19.3 Å². The zero-order valence-corrected chi connectivity index (χ0v) is 24.0. The van der Waals surface area contributed by atoms with Crippen LogP contribution in [0.25, 0.3) is 0 Å². The van der Waals surface area contributed by atoms with Crippen molar-refractivity contribution in [2.45, 2.75) is 124 Å². The van der Waals surface area contributed by atoms with E-state index in [1.54, 1.807) is 0 Å². The molecular formula is C31H52O5. The molecule has 36 heavy (non-hydrogen) atoms. The summed E-state index contributed by atoms with van der Waals surface area (Å²) in [5.41, 5.74) is -0.474. The number of aliphatic hydroxyl groups excluding tert-OH is 2. The highest BCUT2D eigenvalue weighted by Crippen LogP contribution is 2.69. The van der Waals surface area contributed by atoms with E-state index in [2.05, 4.69) is 54.5 Å². The molecule has 4 fully saturated rings. The second-order valence-corrected chi connectivity index (χ2v) is 14.1. The molecule has 0 saturated heterocycles.